The fourth-order valence-electron chi connectivity index (χ4n) is 8.27. The highest BCUT2D eigenvalue weighted by Crippen LogP contribution is 2.67. The number of carbonyl (C=O) groups excluding carboxylic acids is 2. The molecule has 3 fully saturated rings. The molecule has 6 nitrogen and oxygen atoms in total. The zero-order valence-electron chi connectivity index (χ0n) is 21.7. The van der Waals surface area contributed by atoms with Crippen molar-refractivity contribution in [3.63, 3.8) is 0 Å². The fourth-order valence-corrected chi connectivity index (χ4v) is 8.90. The van der Waals surface area contributed by atoms with Crippen LogP contribution in [0.25, 0.3) is 0 Å². The number of rotatable bonds is 6. The van der Waals surface area contributed by atoms with Crippen LogP contribution in [0.1, 0.15) is 64.7 Å². The van der Waals surface area contributed by atoms with Crippen molar-refractivity contribution in [2.24, 2.45) is 29.1 Å². The summed E-state index contributed by atoms with van der Waals surface area (Å²) < 4.78 is 35.1. The molecule has 7 heteroatoms. The number of ketones is 1. The molecular weight excluding hydrogens is 488 g/mol. The summed E-state index contributed by atoms with van der Waals surface area (Å²) in [5.74, 6) is 5.17. The maximum absolute atomic E-state index is 13.0. The molecule has 0 radical (unpaired) electrons. The normalized spacial score (nSPS) is 34.8. The summed E-state index contributed by atoms with van der Waals surface area (Å²) in [7, 11) is -3.30. The SMILES string of the molecule is C#C[C@]1(OC(=O)COc2ccc(S(C)(=O)=O)cc2)CCC2C3CCC4=CC(=O)CCC4C3CC[C@@]21CC. The third-order valence-electron chi connectivity index (χ3n) is 9.88. The average Bonchev–Trinajstić information content (AvgIpc) is 3.21. The van der Waals surface area contributed by atoms with Crippen LogP contribution in [-0.4, -0.2) is 38.6 Å². The molecule has 4 unspecified atom stereocenters. The Morgan fingerprint density at radius 1 is 1.08 bits per heavy atom. The van der Waals surface area contributed by atoms with E-state index in [0.717, 1.165) is 51.2 Å². The Hall–Kier alpha value is -2.59. The Labute approximate surface area is 220 Å². The molecule has 0 aromatic heterocycles. The number of sulfone groups is 1. The molecule has 0 amide bonds. The van der Waals surface area contributed by atoms with E-state index in [-0.39, 0.29) is 22.7 Å². The fraction of sp³-hybridized carbons (Fsp3) is 0.600. The molecule has 0 bridgehead atoms. The van der Waals surface area contributed by atoms with Gasteiger partial charge in [0.1, 0.15) is 5.75 Å². The third-order valence-corrected chi connectivity index (χ3v) is 11.0. The van der Waals surface area contributed by atoms with Crippen molar-refractivity contribution in [1.29, 1.82) is 0 Å². The summed E-state index contributed by atoms with van der Waals surface area (Å²) in [6.45, 7) is 1.88. The van der Waals surface area contributed by atoms with Gasteiger partial charge in [-0.15, -0.1) is 6.42 Å². The minimum atomic E-state index is -3.30. The van der Waals surface area contributed by atoms with Crippen molar-refractivity contribution in [2.45, 2.75) is 75.2 Å². The van der Waals surface area contributed by atoms with E-state index in [9.17, 15) is 18.0 Å². The van der Waals surface area contributed by atoms with Gasteiger partial charge in [0.15, 0.2) is 27.8 Å². The lowest BCUT2D eigenvalue weighted by atomic mass is 9.49. The molecule has 0 saturated heterocycles. The topological polar surface area (TPSA) is 86.7 Å². The van der Waals surface area contributed by atoms with E-state index < -0.39 is 21.4 Å². The Bertz CT molecular complexity index is 1260. The number of esters is 1. The standard InChI is InChI=1S/C30H36O6S/c1-4-29-16-14-25-24-13-7-21(31)18-20(24)6-12-26(25)27(29)15-17-30(29,5-2)36-28(32)19-35-22-8-10-23(11-9-22)37(3,33)34/h2,8-11,18,24-27H,4,6-7,12-17,19H2,1,3H3/t24?,25?,26?,27?,29-,30-/m0/s1. The van der Waals surface area contributed by atoms with E-state index in [1.807, 2.05) is 6.08 Å². The van der Waals surface area contributed by atoms with Crippen LogP contribution in [0.4, 0.5) is 0 Å². The lowest BCUT2D eigenvalue weighted by Crippen LogP contribution is -2.55. The first-order valence-corrected chi connectivity index (χ1v) is 15.4. The molecule has 4 aliphatic rings. The Balaban J connectivity index is 1.30. The number of hydrogen-bond acceptors (Lipinski definition) is 6. The highest BCUT2D eigenvalue weighted by Gasteiger charge is 2.65. The third kappa shape index (κ3) is 4.41. The number of allylic oxidation sites excluding steroid dienone is 1. The van der Waals surface area contributed by atoms with Gasteiger partial charge in [0.05, 0.1) is 4.90 Å². The Morgan fingerprint density at radius 2 is 1.84 bits per heavy atom. The molecule has 5 rings (SSSR count). The number of fused-ring (bicyclic) bond motifs is 5. The Morgan fingerprint density at radius 3 is 2.51 bits per heavy atom. The van der Waals surface area contributed by atoms with E-state index in [1.165, 1.54) is 29.8 Å². The van der Waals surface area contributed by atoms with Crippen LogP contribution in [0.5, 0.6) is 5.75 Å². The number of benzene rings is 1. The number of carbonyl (C=O) groups is 2. The molecule has 0 spiro atoms. The van der Waals surface area contributed by atoms with Crippen LogP contribution in [0.15, 0.2) is 40.8 Å². The summed E-state index contributed by atoms with van der Waals surface area (Å²) in [5, 5.41) is 0. The lowest BCUT2D eigenvalue weighted by Gasteiger charge is -2.56. The van der Waals surface area contributed by atoms with Gasteiger partial charge in [-0.2, -0.15) is 0 Å². The molecule has 6 atom stereocenters. The van der Waals surface area contributed by atoms with Gasteiger partial charge in [-0.1, -0.05) is 18.4 Å². The second-order valence-corrected chi connectivity index (χ2v) is 13.4. The van der Waals surface area contributed by atoms with E-state index in [4.69, 9.17) is 15.9 Å². The van der Waals surface area contributed by atoms with Gasteiger partial charge in [0.2, 0.25) is 0 Å². The van der Waals surface area contributed by atoms with Crippen molar-refractivity contribution in [2.75, 3.05) is 12.9 Å². The van der Waals surface area contributed by atoms with Crippen LogP contribution < -0.4 is 4.74 Å². The monoisotopic (exact) mass is 524 g/mol. The molecule has 3 saturated carbocycles. The maximum atomic E-state index is 13.0. The largest absolute Gasteiger partial charge is 0.482 e. The predicted molar refractivity (Wildman–Crippen MR) is 139 cm³/mol. The van der Waals surface area contributed by atoms with Gasteiger partial charge in [0.25, 0.3) is 0 Å². The smallest absolute Gasteiger partial charge is 0.345 e. The van der Waals surface area contributed by atoms with Crippen LogP contribution in [0, 0.1) is 41.4 Å². The van der Waals surface area contributed by atoms with Gasteiger partial charge in [-0.05, 0) is 105 Å². The molecule has 1 aromatic carbocycles. The summed E-state index contributed by atoms with van der Waals surface area (Å²) >= 11 is 0. The van der Waals surface area contributed by atoms with Gasteiger partial charge in [-0.25, -0.2) is 13.2 Å². The summed E-state index contributed by atoms with van der Waals surface area (Å²) in [4.78, 5) is 25.2. The second-order valence-electron chi connectivity index (χ2n) is 11.4. The molecule has 198 valence electrons. The minimum Gasteiger partial charge on any atom is -0.482 e. The number of hydrogen-bond donors (Lipinski definition) is 0. The van der Waals surface area contributed by atoms with Crippen molar-refractivity contribution in [3.8, 4) is 18.1 Å². The quantitative estimate of drug-likeness (QED) is 0.388. The summed E-state index contributed by atoms with van der Waals surface area (Å²) in [6.07, 6.45) is 17.4. The lowest BCUT2D eigenvalue weighted by molar-refractivity contribution is -0.175. The molecule has 0 N–H and O–H groups in total. The molecule has 37 heavy (non-hydrogen) atoms. The molecular formula is C30H36O6S. The number of ether oxygens (including phenoxy) is 2. The van der Waals surface area contributed by atoms with Crippen LogP contribution in [-0.2, 0) is 24.2 Å². The highest BCUT2D eigenvalue weighted by molar-refractivity contribution is 7.90. The van der Waals surface area contributed by atoms with Crippen molar-refractivity contribution >= 4 is 21.6 Å². The minimum absolute atomic E-state index is 0.191. The first-order chi connectivity index (χ1) is 17.6. The van der Waals surface area contributed by atoms with Crippen molar-refractivity contribution in [1.82, 2.24) is 0 Å². The van der Waals surface area contributed by atoms with E-state index in [1.54, 1.807) is 0 Å². The molecule has 4 aliphatic carbocycles. The van der Waals surface area contributed by atoms with Gasteiger partial charge >= 0.3 is 5.97 Å². The maximum Gasteiger partial charge on any atom is 0.345 e. The van der Waals surface area contributed by atoms with Gasteiger partial charge in [0, 0.05) is 18.1 Å². The second kappa shape index (κ2) is 9.62. The van der Waals surface area contributed by atoms with E-state index >= 15 is 0 Å². The Kier molecular flexibility index (Phi) is 6.77. The highest BCUT2D eigenvalue weighted by atomic mass is 32.2. The molecule has 0 heterocycles. The summed E-state index contributed by atoms with van der Waals surface area (Å²) in [5.41, 5.74) is 0.161. The predicted octanol–water partition coefficient (Wildman–Crippen LogP) is 4.92. The zero-order valence-corrected chi connectivity index (χ0v) is 22.5. The van der Waals surface area contributed by atoms with Crippen molar-refractivity contribution < 1.29 is 27.5 Å². The van der Waals surface area contributed by atoms with Crippen LogP contribution >= 0.6 is 0 Å². The first-order valence-electron chi connectivity index (χ1n) is 13.5. The van der Waals surface area contributed by atoms with Crippen molar-refractivity contribution in [3.05, 3.63) is 35.9 Å². The number of terminal acetylenes is 1. The average molecular weight is 525 g/mol. The molecule has 1 aromatic rings. The van der Waals surface area contributed by atoms with Gasteiger partial charge < -0.3 is 9.47 Å². The van der Waals surface area contributed by atoms with Crippen LogP contribution in [0.3, 0.4) is 0 Å². The zero-order chi connectivity index (χ0) is 26.4. The van der Waals surface area contributed by atoms with E-state index in [2.05, 4.69) is 12.8 Å². The first kappa shape index (κ1) is 26.0. The van der Waals surface area contributed by atoms with Gasteiger partial charge in [-0.3, -0.25) is 4.79 Å². The summed E-state index contributed by atoms with van der Waals surface area (Å²) in [6, 6.07) is 5.98. The molecule has 0 aliphatic heterocycles. The van der Waals surface area contributed by atoms with Crippen LogP contribution in [0.2, 0.25) is 0 Å². The van der Waals surface area contributed by atoms with E-state index in [0.29, 0.717) is 42.3 Å².